The molecule has 1 atom stereocenters. The van der Waals surface area contributed by atoms with Crippen LogP contribution in [0.1, 0.15) is 37.1 Å². The van der Waals surface area contributed by atoms with Crippen molar-refractivity contribution in [2.24, 2.45) is 0 Å². The van der Waals surface area contributed by atoms with Crippen molar-refractivity contribution >= 4 is 17.5 Å². The molecule has 0 saturated heterocycles. The SMILES string of the molecule is CC[C@@H](C)N(Cc1cccn1Cc1ccccc1Cl)C(=O)COCc1ccccc1. The van der Waals surface area contributed by atoms with E-state index in [1.165, 1.54) is 0 Å². The quantitative estimate of drug-likeness (QED) is 0.428. The van der Waals surface area contributed by atoms with Crippen LogP contribution in [-0.2, 0) is 29.2 Å². The molecular weight excluding hydrogens is 396 g/mol. The molecule has 5 heteroatoms. The number of aromatic nitrogens is 1. The zero-order chi connectivity index (χ0) is 21.3. The zero-order valence-electron chi connectivity index (χ0n) is 17.6. The van der Waals surface area contributed by atoms with Gasteiger partial charge in [-0.25, -0.2) is 0 Å². The summed E-state index contributed by atoms with van der Waals surface area (Å²) in [6.07, 6.45) is 2.92. The van der Waals surface area contributed by atoms with Crippen molar-refractivity contribution in [3.05, 3.63) is 94.8 Å². The van der Waals surface area contributed by atoms with Crippen molar-refractivity contribution in [2.45, 2.75) is 46.0 Å². The van der Waals surface area contributed by atoms with E-state index in [0.717, 1.165) is 28.3 Å². The molecule has 0 spiro atoms. The first-order valence-corrected chi connectivity index (χ1v) is 10.7. The topological polar surface area (TPSA) is 34.5 Å². The van der Waals surface area contributed by atoms with E-state index < -0.39 is 0 Å². The van der Waals surface area contributed by atoms with E-state index in [0.29, 0.717) is 19.7 Å². The highest BCUT2D eigenvalue weighted by Crippen LogP contribution is 2.19. The first kappa shape index (κ1) is 22.1. The summed E-state index contributed by atoms with van der Waals surface area (Å²) < 4.78 is 7.85. The maximum absolute atomic E-state index is 13.0. The lowest BCUT2D eigenvalue weighted by Gasteiger charge is -2.29. The Hall–Kier alpha value is -2.56. The van der Waals surface area contributed by atoms with Crippen LogP contribution < -0.4 is 0 Å². The summed E-state index contributed by atoms with van der Waals surface area (Å²) in [5, 5.41) is 0.751. The van der Waals surface area contributed by atoms with Gasteiger partial charge in [0, 0.05) is 29.5 Å². The number of nitrogens with zero attached hydrogens (tertiary/aromatic N) is 2. The summed E-state index contributed by atoms with van der Waals surface area (Å²) >= 11 is 6.34. The van der Waals surface area contributed by atoms with Crippen molar-refractivity contribution in [2.75, 3.05) is 6.61 Å². The van der Waals surface area contributed by atoms with Gasteiger partial charge in [0.05, 0.1) is 13.2 Å². The number of carbonyl (C=O) groups is 1. The van der Waals surface area contributed by atoms with Gasteiger partial charge in [0.25, 0.3) is 0 Å². The number of halogens is 1. The highest BCUT2D eigenvalue weighted by Gasteiger charge is 2.21. The fraction of sp³-hybridized carbons (Fsp3) is 0.320. The van der Waals surface area contributed by atoms with Gasteiger partial charge in [0.2, 0.25) is 5.91 Å². The molecule has 0 fully saturated rings. The lowest BCUT2D eigenvalue weighted by Crippen LogP contribution is -2.40. The summed E-state index contributed by atoms with van der Waals surface area (Å²) in [6, 6.07) is 22.0. The van der Waals surface area contributed by atoms with Gasteiger partial charge < -0.3 is 14.2 Å². The lowest BCUT2D eigenvalue weighted by molar-refractivity contribution is -0.139. The second-order valence-corrected chi connectivity index (χ2v) is 7.88. The van der Waals surface area contributed by atoms with Crippen LogP contribution in [0.2, 0.25) is 5.02 Å². The molecule has 1 amide bonds. The van der Waals surface area contributed by atoms with Gasteiger partial charge in [-0.3, -0.25) is 4.79 Å². The number of hydrogen-bond acceptors (Lipinski definition) is 2. The lowest BCUT2D eigenvalue weighted by atomic mass is 10.2. The molecule has 0 N–H and O–H groups in total. The molecule has 1 aromatic heterocycles. The standard InChI is InChI=1S/C25H29ClN2O2/c1-3-20(2)28(25(29)19-30-18-21-10-5-4-6-11-21)17-23-13-9-15-27(23)16-22-12-7-8-14-24(22)26/h4-15,20H,3,16-19H2,1-2H3/t20-/m1/s1. The molecule has 30 heavy (non-hydrogen) atoms. The third-order valence-electron chi connectivity index (χ3n) is 5.33. The van der Waals surface area contributed by atoms with Gasteiger partial charge >= 0.3 is 0 Å². The number of ether oxygens (including phenoxy) is 1. The van der Waals surface area contributed by atoms with Crippen LogP contribution in [0.5, 0.6) is 0 Å². The Morgan fingerprint density at radius 1 is 1.07 bits per heavy atom. The van der Waals surface area contributed by atoms with Gasteiger partial charge in [0.1, 0.15) is 6.61 Å². The van der Waals surface area contributed by atoms with E-state index in [1.807, 2.05) is 71.8 Å². The predicted molar refractivity (Wildman–Crippen MR) is 121 cm³/mol. The molecule has 1 heterocycles. The Balaban J connectivity index is 1.66. The highest BCUT2D eigenvalue weighted by atomic mass is 35.5. The average Bonchev–Trinajstić information content (AvgIpc) is 3.20. The Morgan fingerprint density at radius 3 is 2.53 bits per heavy atom. The number of amides is 1. The van der Waals surface area contributed by atoms with E-state index in [2.05, 4.69) is 24.5 Å². The van der Waals surface area contributed by atoms with Gasteiger partial charge in [-0.1, -0.05) is 67.1 Å². The molecule has 0 aliphatic heterocycles. The molecule has 2 aromatic carbocycles. The fourth-order valence-electron chi connectivity index (χ4n) is 3.36. The average molecular weight is 425 g/mol. The highest BCUT2D eigenvalue weighted by molar-refractivity contribution is 6.31. The molecule has 0 bridgehead atoms. The first-order chi connectivity index (χ1) is 14.6. The minimum Gasteiger partial charge on any atom is -0.367 e. The fourth-order valence-corrected chi connectivity index (χ4v) is 3.55. The molecule has 0 saturated carbocycles. The van der Waals surface area contributed by atoms with Crippen molar-refractivity contribution < 1.29 is 9.53 Å². The minimum absolute atomic E-state index is 0.00535. The minimum atomic E-state index is 0.00535. The van der Waals surface area contributed by atoms with Crippen LogP contribution in [0.25, 0.3) is 0 Å². The first-order valence-electron chi connectivity index (χ1n) is 10.4. The van der Waals surface area contributed by atoms with Crippen molar-refractivity contribution in [3.8, 4) is 0 Å². The second-order valence-electron chi connectivity index (χ2n) is 7.48. The van der Waals surface area contributed by atoms with Gasteiger partial charge in [-0.2, -0.15) is 0 Å². The molecule has 0 radical (unpaired) electrons. The van der Waals surface area contributed by atoms with Crippen molar-refractivity contribution in [1.82, 2.24) is 9.47 Å². The summed E-state index contributed by atoms with van der Waals surface area (Å²) in [7, 11) is 0. The van der Waals surface area contributed by atoms with Crippen LogP contribution in [0.4, 0.5) is 0 Å². The van der Waals surface area contributed by atoms with Gasteiger partial charge in [-0.05, 0) is 42.7 Å². The van der Waals surface area contributed by atoms with Crippen LogP contribution in [-0.4, -0.2) is 28.0 Å². The Labute approximate surface area is 184 Å². The molecule has 0 unspecified atom stereocenters. The third-order valence-corrected chi connectivity index (χ3v) is 5.70. The van der Waals surface area contributed by atoms with Gasteiger partial charge in [0.15, 0.2) is 0 Å². The Bertz CT molecular complexity index is 939. The summed E-state index contributed by atoms with van der Waals surface area (Å²) in [6.45, 7) is 5.90. The van der Waals surface area contributed by atoms with Crippen LogP contribution >= 0.6 is 11.6 Å². The molecule has 4 nitrogen and oxygen atoms in total. The largest absolute Gasteiger partial charge is 0.367 e. The third kappa shape index (κ3) is 5.97. The molecule has 3 aromatic rings. The molecular formula is C25H29ClN2O2. The molecule has 0 aliphatic carbocycles. The normalized spacial score (nSPS) is 12.0. The smallest absolute Gasteiger partial charge is 0.249 e. The van der Waals surface area contributed by atoms with E-state index in [-0.39, 0.29) is 18.6 Å². The predicted octanol–water partition coefficient (Wildman–Crippen LogP) is 5.53. The van der Waals surface area contributed by atoms with Crippen molar-refractivity contribution in [1.29, 1.82) is 0 Å². The van der Waals surface area contributed by atoms with E-state index >= 15 is 0 Å². The zero-order valence-corrected chi connectivity index (χ0v) is 18.4. The number of carbonyl (C=O) groups excluding carboxylic acids is 1. The summed E-state index contributed by atoms with van der Waals surface area (Å²) in [5.41, 5.74) is 3.20. The molecule has 3 rings (SSSR count). The second kappa shape index (κ2) is 11.0. The molecule has 0 aliphatic rings. The van der Waals surface area contributed by atoms with Gasteiger partial charge in [-0.15, -0.1) is 0 Å². The van der Waals surface area contributed by atoms with Crippen molar-refractivity contribution in [3.63, 3.8) is 0 Å². The summed E-state index contributed by atoms with van der Waals surface area (Å²) in [5.74, 6) is 0.00535. The number of benzene rings is 2. The van der Waals surface area contributed by atoms with E-state index in [4.69, 9.17) is 16.3 Å². The maximum Gasteiger partial charge on any atom is 0.249 e. The Morgan fingerprint density at radius 2 is 1.80 bits per heavy atom. The number of rotatable bonds is 10. The van der Waals surface area contributed by atoms with Crippen LogP contribution in [0, 0.1) is 0 Å². The monoisotopic (exact) mass is 424 g/mol. The maximum atomic E-state index is 13.0. The van der Waals surface area contributed by atoms with Crippen LogP contribution in [0.3, 0.4) is 0 Å². The van der Waals surface area contributed by atoms with Crippen LogP contribution in [0.15, 0.2) is 72.9 Å². The van der Waals surface area contributed by atoms with E-state index in [1.54, 1.807) is 0 Å². The summed E-state index contributed by atoms with van der Waals surface area (Å²) in [4.78, 5) is 14.9. The Kier molecular flexibility index (Phi) is 8.12. The molecule has 158 valence electrons. The number of hydrogen-bond donors (Lipinski definition) is 0. The van der Waals surface area contributed by atoms with E-state index in [9.17, 15) is 4.79 Å².